The highest BCUT2D eigenvalue weighted by atomic mass is 32.5. The van der Waals surface area contributed by atoms with Gasteiger partial charge in [0, 0.05) is 7.05 Å². The highest BCUT2D eigenvalue weighted by molar-refractivity contribution is 8.12. The van der Waals surface area contributed by atoms with Gasteiger partial charge in [-0.15, -0.1) is 4.08 Å². The van der Waals surface area contributed by atoms with Crippen LogP contribution in [0.5, 0.6) is 0 Å². The van der Waals surface area contributed by atoms with Gasteiger partial charge >= 0.3 is 0 Å². The second-order valence-electron chi connectivity index (χ2n) is 2.77. The highest BCUT2D eigenvalue weighted by Gasteiger charge is 2.30. The summed E-state index contributed by atoms with van der Waals surface area (Å²) in [5.41, 5.74) is 0. The summed E-state index contributed by atoms with van der Waals surface area (Å²) >= 11 is 4.32. The number of benzene rings is 1. The molecule has 0 aliphatic rings. The zero-order chi connectivity index (χ0) is 11.7. The van der Waals surface area contributed by atoms with Crippen molar-refractivity contribution in [1.82, 2.24) is 4.08 Å². The van der Waals surface area contributed by atoms with Crippen molar-refractivity contribution in [3.63, 3.8) is 0 Å². The second-order valence-corrected chi connectivity index (χ2v) is 8.10. The van der Waals surface area contributed by atoms with Crippen molar-refractivity contribution in [1.29, 1.82) is 0 Å². The first-order valence-corrected chi connectivity index (χ1v) is 7.96. The molecule has 1 rings (SSSR count). The fraction of sp³-hybridized carbons (Fsp3) is 0.143. The molecule has 1 aromatic rings. The van der Waals surface area contributed by atoms with Crippen LogP contribution in [0.15, 0.2) is 35.2 Å². The maximum Gasteiger partial charge on any atom is 0.272 e. The topological polar surface area (TPSA) is 77.8 Å². The average molecular weight is 267 g/mol. The van der Waals surface area contributed by atoms with Crippen molar-refractivity contribution in [2.75, 3.05) is 7.05 Å². The Kier molecular flexibility index (Phi) is 3.65. The molecule has 0 bridgehead atoms. The molecule has 0 atom stereocenters. The molecule has 1 aromatic carbocycles. The van der Waals surface area contributed by atoms with Crippen molar-refractivity contribution >= 4 is 28.5 Å². The molecular formula is C7H10NO4PS2. The monoisotopic (exact) mass is 267 g/mol. The number of rotatable bonds is 3. The Morgan fingerprint density at radius 3 is 2.13 bits per heavy atom. The molecule has 0 heterocycles. The fourth-order valence-electron chi connectivity index (χ4n) is 0.885. The molecule has 0 unspecified atom stereocenters. The third-order valence-corrected chi connectivity index (χ3v) is 6.43. The second kappa shape index (κ2) is 4.29. The third kappa shape index (κ3) is 2.84. The van der Waals surface area contributed by atoms with E-state index in [0.717, 1.165) is 7.05 Å². The van der Waals surface area contributed by atoms with E-state index in [4.69, 9.17) is 9.79 Å². The van der Waals surface area contributed by atoms with Crippen LogP contribution < -0.4 is 0 Å². The van der Waals surface area contributed by atoms with Gasteiger partial charge in [-0.2, -0.15) is 0 Å². The molecule has 0 amide bonds. The first-order chi connectivity index (χ1) is 6.76. The molecule has 0 saturated carbocycles. The van der Waals surface area contributed by atoms with Crippen LogP contribution in [0.2, 0.25) is 0 Å². The van der Waals surface area contributed by atoms with Crippen LogP contribution in [0.25, 0.3) is 0 Å². The van der Waals surface area contributed by atoms with Crippen molar-refractivity contribution < 1.29 is 18.2 Å². The summed E-state index contributed by atoms with van der Waals surface area (Å²) in [5, 5.41) is 0. The van der Waals surface area contributed by atoms with Crippen molar-refractivity contribution in [3.8, 4) is 0 Å². The molecule has 2 N–H and O–H groups in total. The number of nitrogens with zero attached hydrogens (tertiary/aromatic N) is 1. The van der Waals surface area contributed by atoms with E-state index in [1.54, 1.807) is 18.2 Å². The lowest BCUT2D eigenvalue weighted by atomic mass is 10.4. The molecule has 0 fully saturated rings. The maximum absolute atomic E-state index is 11.7. The zero-order valence-corrected chi connectivity index (χ0v) is 10.3. The molecule has 8 heteroatoms. The van der Waals surface area contributed by atoms with E-state index in [1.165, 1.54) is 12.1 Å². The normalized spacial score (nSPS) is 13.1. The Hall–Kier alpha value is -0.300. The third-order valence-electron chi connectivity index (χ3n) is 1.76. The van der Waals surface area contributed by atoms with Gasteiger partial charge in [0.2, 0.25) is 10.0 Å². The standard InChI is InChI=1S/C7H10NO4PS2/c1-8(13(9,10)14)15(11,12)7-5-3-2-4-6-7/h2-6H,1H3,(H2,9,10,14). The molecule has 5 nitrogen and oxygen atoms in total. The molecule has 0 radical (unpaired) electrons. The van der Waals surface area contributed by atoms with E-state index in [-0.39, 0.29) is 4.90 Å². The predicted octanol–water partition coefficient (Wildman–Crippen LogP) is 0.516. The summed E-state index contributed by atoms with van der Waals surface area (Å²) in [6.45, 7) is -3.97. The van der Waals surface area contributed by atoms with Crippen LogP contribution in [0, 0.1) is 0 Å². The van der Waals surface area contributed by atoms with Gasteiger partial charge in [-0.3, -0.25) is 0 Å². The van der Waals surface area contributed by atoms with Crippen LogP contribution in [0.3, 0.4) is 0 Å². The van der Waals surface area contributed by atoms with E-state index < -0.39 is 16.7 Å². The summed E-state index contributed by atoms with van der Waals surface area (Å²) in [6.07, 6.45) is 0. The minimum Gasteiger partial charge on any atom is -0.333 e. The van der Waals surface area contributed by atoms with Crippen LogP contribution in [-0.2, 0) is 21.8 Å². The van der Waals surface area contributed by atoms with E-state index in [2.05, 4.69) is 11.8 Å². The SMILES string of the molecule is CN(P(O)(O)=S)S(=O)(=O)c1ccccc1. The Labute approximate surface area is 93.3 Å². The molecule has 0 spiro atoms. The lowest BCUT2D eigenvalue weighted by Crippen LogP contribution is -2.23. The summed E-state index contributed by atoms with van der Waals surface area (Å²) in [4.78, 5) is 18.2. The smallest absolute Gasteiger partial charge is 0.272 e. The van der Waals surface area contributed by atoms with Gasteiger partial charge in [0.05, 0.1) is 4.90 Å². The van der Waals surface area contributed by atoms with E-state index in [0.29, 0.717) is 4.08 Å². The molecule has 0 saturated heterocycles. The largest absolute Gasteiger partial charge is 0.333 e. The van der Waals surface area contributed by atoms with Gasteiger partial charge in [-0.1, -0.05) is 18.2 Å². The Balaban J connectivity index is 3.22. The molecule has 15 heavy (non-hydrogen) atoms. The first-order valence-electron chi connectivity index (χ1n) is 3.86. The number of sulfonamides is 1. The molecule has 84 valence electrons. The van der Waals surface area contributed by atoms with Gasteiger partial charge in [0.15, 0.2) is 0 Å². The van der Waals surface area contributed by atoms with Gasteiger partial charge in [-0.05, 0) is 23.9 Å². The number of hydrogen-bond acceptors (Lipinski definition) is 3. The van der Waals surface area contributed by atoms with Crippen LogP contribution in [-0.4, -0.2) is 29.3 Å². The van der Waals surface area contributed by atoms with Crippen molar-refractivity contribution in [3.05, 3.63) is 30.3 Å². The summed E-state index contributed by atoms with van der Waals surface area (Å²) in [7, 11) is -2.87. The van der Waals surface area contributed by atoms with Gasteiger partial charge in [0.1, 0.15) is 0 Å². The van der Waals surface area contributed by atoms with Gasteiger partial charge in [0.25, 0.3) is 6.64 Å². The minimum absolute atomic E-state index is 0.0233. The lowest BCUT2D eigenvalue weighted by molar-refractivity contribution is 0.426. The van der Waals surface area contributed by atoms with Crippen molar-refractivity contribution in [2.24, 2.45) is 0 Å². The van der Waals surface area contributed by atoms with Gasteiger partial charge < -0.3 is 9.79 Å². The Morgan fingerprint density at radius 2 is 1.73 bits per heavy atom. The van der Waals surface area contributed by atoms with Crippen LogP contribution in [0.1, 0.15) is 0 Å². The fourth-order valence-corrected chi connectivity index (χ4v) is 3.88. The quantitative estimate of drug-likeness (QED) is 0.780. The molecule has 0 aromatic heterocycles. The molecule has 0 aliphatic carbocycles. The summed E-state index contributed by atoms with van der Waals surface area (Å²) in [5.74, 6) is 0. The predicted molar refractivity (Wildman–Crippen MR) is 60.1 cm³/mol. The molecular weight excluding hydrogens is 257 g/mol. The molecule has 0 aliphatic heterocycles. The zero-order valence-electron chi connectivity index (χ0n) is 7.81. The number of hydrogen-bond donors (Lipinski definition) is 2. The minimum atomic E-state index is -3.97. The maximum atomic E-state index is 11.7. The van der Waals surface area contributed by atoms with Crippen molar-refractivity contribution in [2.45, 2.75) is 4.90 Å². The van der Waals surface area contributed by atoms with E-state index >= 15 is 0 Å². The Bertz CT molecular complexity index is 481. The van der Waals surface area contributed by atoms with Crippen LogP contribution in [0.4, 0.5) is 0 Å². The summed E-state index contributed by atoms with van der Waals surface area (Å²) < 4.78 is 23.9. The lowest BCUT2D eigenvalue weighted by Gasteiger charge is -2.20. The summed E-state index contributed by atoms with van der Waals surface area (Å²) in [6, 6.07) is 7.46. The van der Waals surface area contributed by atoms with Crippen LogP contribution >= 0.6 is 6.64 Å². The van der Waals surface area contributed by atoms with E-state index in [9.17, 15) is 8.42 Å². The first kappa shape index (κ1) is 12.8. The average Bonchev–Trinajstić information content (AvgIpc) is 2.16. The van der Waals surface area contributed by atoms with Gasteiger partial charge in [-0.25, -0.2) is 8.42 Å². The van der Waals surface area contributed by atoms with E-state index in [1.807, 2.05) is 0 Å². The Morgan fingerprint density at radius 1 is 1.27 bits per heavy atom. The highest BCUT2D eigenvalue weighted by Crippen LogP contribution is 2.42.